The summed E-state index contributed by atoms with van der Waals surface area (Å²) in [5, 5.41) is 12.3. The van der Waals surface area contributed by atoms with E-state index >= 15 is 0 Å². The maximum atomic E-state index is 11.8. The molecule has 15 heavy (non-hydrogen) atoms. The molecule has 0 aliphatic carbocycles. The minimum atomic E-state index is 0.0506. The van der Waals surface area contributed by atoms with Crippen LogP contribution in [0.15, 0.2) is 0 Å². The molecule has 88 valence electrons. The van der Waals surface area contributed by atoms with Crippen molar-refractivity contribution in [2.45, 2.75) is 38.6 Å². The lowest BCUT2D eigenvalue weighted by Crippen LogP contribution is -2.48. The Bertz CT molecular complexity index is 197. The molecule has 1 aliphatic rings. The van der Waals surface area contributed by atoms with Crippen molar-refractivity contribution in [2.75, 3.05) is 26.2 Å². The first-order chi connectivity index (χ1) is 7.29. The predicted octanol–water partition coefficient (Wildman–Crippen LogP) is 0.359. The molecule has 1 rings (SSSR count). The van der Waals surface area contributed by atoms with Gasteiger partial charge in [-0.05, 0) is 32.2 Å². The number of carbonyl (C=O) groups is 1. The average molecular weight is 214 g/mol. The lowest BCUT2D eigenvalue weighted by Gasteiger charge is -2.34. The van der Waals surface area contributed by atoms with Crippen molar-refractivity contribution in [2.24, 2.45) is 0 Å². The highest BCUT2D eigenvalue weighted by Gasteiger charge is 2.25. The Kier molecular flexibility index (Phi) is 5.65. The molecular weight excluding hydrogens is 192 g/mol. The summed E-state index contributed by atoms with van der Waals surface area (Å²) in [6, 6.07) is 0.0506. The van der Waals surface area contributed by atoms with Gasteiger partial charge in [-0.3, -0.25) is 4.79 Å². The summed E-state index contributed by atoms with van der Waals surface area (Å²) in [6.07, 6.45) is 4.17. The average Bonchev–Trinajstić information content (AvgIpc) is 2.29. The van der Waals surface area contributed by atoms with E-state index in [-0.39, 0.29) is 18.6 Å². The summed E-state index contributed by atoms with van der Waals surface area (Å²) in [5.41, 5.74) is 0. The Morgan fingerprint density at radius 3 is 3.00 bits per heavy atom. The van der Waals surface area contributed by atoms with Gasteiger partial charge in [-0.2, -0.15) is 0 Å². The minimum Gasteiger partial charge on any atom is -0.394 e. The molecule has 2 N–H and O–H groups in total. The molecule has 0 aromatic carbocycles. The van der Waals surface area contributed by atoms with Gasteiger partial charge >= 0.3 is 0 Å². The third-order valence-electron chi connectivity index (χ3n) is 2.86. The molecular formula is C11H22N2O2. The first-order valence-electron chi connectivity index (χ1n) is 5.90. The standard InChI is InChI=1S/C11H22N2O2/c1-2-6-12-8-11(15)13-7-4-3-5-10(13)9-14/h10,12,14H,2-9H2,1H3. The van der Waals surface area contributed by atoms with Gasteiger partial charge in [0.15, 0.2) is 0 Å². The largest absolute Gasteiger partial charge is 0.394 e. The van der Waals surface area contributed by atoms with Crippen molar-refractivity contribution in [3.63, 3.8) is 0 Å². The van der Waals surface area contributed by atoms with Crippen LogP contribution in [0.5, 0.6) is 0 Å². The number of aliphatic hydroxyl groups is 1. The van der Waals surface area contributed by atoms with Gasteiger partial charge < -0.3 is 15.3 Å². The fourth-order valence-corrected chi connectivity index (χ4v) is 1.99. The van der Waals surface area contributed by atoms with Gasteiger partial charge in [0.1, 0.15) is 0 Å². The maximum absolute atomic E-state index is 11.8. The Morgan fingerprint density at radius 2 is 2.33 bits per heavy atom. The van der Waals surface area contributed by atoms with Crippen LogP contribution in [0.3, 0.4) is 0 Å². The monoisotopic (exact) mass is 214 g/mol. The van der Waals surface area contributed by atoms with Crippen LogP contribution in [0.1, 0.15) is 32.6 Å². The first-order valence-corrected chi connectivity index (χ1v) is 5.90. The van der Waals surface area contributed by atoms with Crippen LogP contribution in [-0.4, -0.2) is 48.2 Å². The van der Waals surface area contributed by atoms with Crippen LogP contribution in [0.25, 0.3) is 0 Å². The number of carbonyl (C=O) groups excluding carboxylic acids is 1. The Hall–Kier alpha value is -0.610. The van der Waals surface area contributed by atoms with Crippen molar-refractivity contribution in [1.29, 1.82) is 0 Å². The molecule has 0 saturated carbocycles. The van der Waals surface area contributed by atoms with Crippen molar-refractivity contribution in [3.05, 3.63) is 0 Å². The molecule has 1 heterocycles. The van der Waals surface area contributed by atoms with Crippen LogP contribution >= 0.6 is 0 Å². The molecule has 0 bridgehead atoms. The fourth-order valence-electron chi connectivity index (χ4n) is 1.99. The molecule has 4 heteroatoms. The number of amides is 1. The van der Waals surface area contributed by atoms with Gasteiger partial charge in [-0.1, -0.05) is 6.92 Å². The van der Waals surface area contributed by atoms with Crippen molar-refractivity contribution in [1.82, 2.24) is 10.2 Å². The third kappa shape index (κ3) is 3.80. The summed E-state index contributed by atoms with van der Waals surface area (Å²) in [4.78, 5) is 13.6. The first kappa shape index (κ1) is 12.5. The van der Waals surface area contributed by atoms with E-state index in [1.807, 2.05) is 4.90 Å². The maximum Gasteiger partial charge on any atom is 0.236 e. The van der Waals surface area contributed by atoms with Crippen LogP contribution in [0, 0.1) is 0 Å². The van der Waals surface area contributed by atoms with Gasteiger partial charge in [0.25, 0.3) is 0 Å². The van der Waals surface area contributed by atoms with Crippen LogP contribution in [-0.2, 0) is 4.79 Å². The van der Waals surface area contributed by atoms with E-state index in [1.54, 1.807) is 0 Å². The van der Waals surface area contributed by atoms with E-state index in [0.717, 1.165) is 38.8 Å². The van der Waals surface area contributed by atoms with E-state index in [9.17, 15) is 4.79 Å². The second kappa shape index (κ2) is 6.80. The second-order valence-corrected chi connectivity index (χ2v) is 4.10. The molecule has 0 aromatic rings. The van der Waals surface area contributed by atoms with Gasteiger partial charge in [0.2, 0.25) is 5.91 Å². The number of nitrogens with zero attached hydrogens (tertiary/aromatic N) is 1. The minimum absolute atomic E-state index is 0.0506. The summed E-state index contributed by atoms with van der Waals surface area (Å²) in [6.45, 7) is 4.26. The number of rotatable bonds is 5. The second-order valence-electron chi connectivity index (χ2n) is 4.10. The highest BCUT2D eigenvalue weighted by atomic mass is 16.3. The molecule has 1 amide bonds. The molecule has 1 unspecified atom stereocenters. The predicted molar refractivity (Wildman–Crippen MR) is 59.6 cm³/mol. The highest BCUT2D eigenvalue weighted by molar-refractivity contribution is 5.78. The smallest absolute Gasteiger partial charge is 0.236 e. The van der Waals surface area contributed by atoms with Gasteiger partial charge in [-0.15, -0.1) is 0 Å². The molecule has 1 saturated heterocycles. The van der Waals surface area contributed by atoms with Gasteiger partial charge in [0, 0.05) is 6.54 Å². The summed E-state index contributed by atoms with van der Waals surface area (Å²) in [5.74, 6) is 0.127. The summed E-state index contributed by atoms with van der Waals surface area (Å²) < 4.78 is 0. The molecule has 4 nitrogen and oxygen atoms in total. The highest BCUT2D eigenvalue weighted by Crippen LogP contribution is 2.16. The Labute approximate surface area is 91.6 Å². The van der Waals surface area contributed by atoms with Crippen molar-refractivity contribution < 1.29 is 9.90 Å². The van der Waals surface area contributed by atoms with E-state index in [2.05, 4.69) is 12.2 Å². The third-order valence-corrected chi connectivity index (χ3v) is 2.86. The summed E-state index contributed by atoms with van der Waals surface area (Å²) >= 11 is 0. The zero-order valence-electron chi connectivity index (χ0n) is 9.54. The van der Waals surface area contributed by atoms with E-state index < -0.39 is 0 Å². The number of nitrogens with one attached hydrogen (secondary N) is 1. The Balaban J connectivity index is 2.34. The normalized spacial score (nSPS) is 21.7. The number of hydrogen-bond acceptors (Lipinski definition) is 3. The number of piperidine rings is 1. The van der Waals surface area contributed by atoms with E-state index in [1.165, 1.54) is 0 Å². The molecule has 0 radical (unpaired) electrons. The van der Waals surface area contributed by atoms with Gasteiger partial charge in [-0.25, -0.2) is 0 Å². The number of likely N-dealkylation sites (tertiary alicyclic amines) is 1. The zero-order valence-corrected chi connectivity index (χ0v) is 9.54. The zero-order chi connectivity index (χ0) is 11.1. The Morgan fingerprint density at radius 1 is 1.53 bits per heavy atom. The van der Waals surface area contributed by atoms with Crippen molar-refractivity contribution >= 4 is 5.91 Å². The number of aliphatic hydroxyl groups excluding tert-OH is 1. The van der Waals surface area contributed by atoms with E-state index in [0.29, 0.717) is 6.54 Å². The van der Waals surface area contributed by atoms with Crippen LogP contribution < -0.4 is 5.32 Å². The topological polar surface area (TPSA) is 52.6 Å². The molecule has 0 aromatic heterocycles. The molecule has 1 atom stereocenters. The molecule has 0 spiro atoms. The molecule has 1 aliphatic heterocycles. The quantitative estimate of drug-likeness (QED) is 0.650. The number of hydrogen-bond donors (Lipinski definition) is 2. The summed E-state index contributed by atoms with van der Waals surface area (Å²) in [7, 11) is 0. The van der Waals surface area contributed by atoms with Crippen molar-refractivity contribution in [3.8, 4) is 0 Å². The lowest BCUT2D eigenvalue weighted by molar-refractivity contribution is -0.134. The fraction of sp³-hybridized carbons (Fsp3) is 0.909. The lowest BCUT2D eigenvalue weighted by atomic mass is 10.0. The van der Waals surface area contributed by atoms with E-state index in [4.69, 9.17) is 5.11 Å². The van der Waals surface area contributed by atoms with Crippen LogP contribution in [0.4, 0.5) is 0 Å². The van der Waals surface area contributed by atoms with Gasteiger partial charge in [0.05, 0.1) is 19.2 Å². The van der Waals surface area contributed by atoms with Crippen LogP contribution in [0.2, 0.25) is 0 Å². The SMILES string of the molecule is CCCNCC(=O)N1CCCCC1CO. The molecule has 1 fully saturated rings.